The summed E-state index contributed by atoms with van der Waals surface area (Å²) in [5.74, 6) is 0.120. The minimum Gasteiger partial charge on any atom is -0.293 e. The molecule has 0 aliphatic carbocycles. The molecule has 0 spiro atoms. The fourth-order valence-corrected chi connectivity index (χ4v) is 2.00. The first-order chi connectivity index (χ1) is 7.25. The van der Waals surface area contributed by atoms with Crippen LogP contribution in [0.2, 0.25) is 5.15 Å². The van der Waals surface area contributed by atoms with Crippen LogP contribution >= 0.6 is 22.9 Å². The van der Waals surface area contributed by atoms with Crippen LogP contribution in [0.1, 0.15) is 15.2 Å². The number of thiophene rings is 1. The number of Topliss-reactive ketones (excluding diaryl/α,β-unsaturated/α-hetero) is 1. The number of rotatable bonds is 3. The van der Waals surface area contributed by atoms with Gasteiger partial charge in [0.05, 0.1) is 4.88 Å². The lowest BCUT2D eigenvalue weighted by atomic mass is 10.1. The summed E-state index contributed by atoms with van der Waals surface area (Å²) in [5.41, 5.74) is 0.887. The van der Waals surface area contributed by atoms with Crippen molar-refractivity contribution in [3.63, 3.8) is 0 Å². The van der Waals surface area contributed by atoms with Gasteiger partial charge in [0, 0.05) is 12.6 Å². The van der Waals surface area contributed by atoms with Crippen LogP contribution in [0, 0.1) is 0 Å². The van der Waals surface area contributed by atoms with Gasteiger partial charge in [-0.3, -0.25) is 4.79 Å². The Morgan fingerprint density at radius 3 is 2.87 bits per heavy atom. The molecule has 76 valence electrons. The molecule has 0 bridgehead atoms. The number of aromatic nitrogens is 1. The van der Waals surface area contributed by atoms with Crippen LogP contribution in [0.15, 0.2) is 35.8 Å². The van der Waals surface area contributed by atoms with Gasteiger partial charge in [-0.15, -0.1) is 11.3 Å². The molecule has 2 aromatic rings. The van der Waals surface area contributed by atoms with Crippen molar-refractivity contribution in [2.45, 2.75) is 6.42 Å². The maximum absolute atomic E-state index is 11.7. The smallest absolute Gasteiger partial charge is 0.177 e. The monoisotopic (exact) mass is 237 g/mol. The Labute approximate surface area is 96.5 Å². The van der Waals surface area contributed by atoms with Gasteiger partial charge >= 0.3 is 0 Å². The van der Waals surface area contributed by atoms with Crippen LogP contribution in [0.3, 0.4) is 0 Å². The number of ketones is 1. The van der Waals surface area contributed by atoms with Crippen LogP contribution in [0.5, 0.6) is 0 Å². The Balaban J connectivity index is 2.09. The summed E-state index contributed by atoms with van der Waals surface area (Å²) in [6.45, 7) is 0. The standard InChI is InChI=1S/C11H8ClNOS/c12-11-4-3-8(7-13-11)6-9(14)10-2-1-5-15-10/h1-5,7H,6H2. The zero-order valence-electron chi connectivity index (χ0n) is 7.81. The molecule has 0 saturated carbocycles. The molecular formula is C11H8ClNOS. The quantitative estimate of drug-likeness (QED) is 0.606. The van der Waals surface area contributed by atoms with Gasteiger partial charge < -0.3 is 0 Å². The number of carbonyl (C=O) groups is 1. The van der Waals surface area contributed by atoms with Crippen LogP contribution in [0.25, 0.3) is 0 Å². The predicted molar refractivity (Wildman–Crippen MR) is 61.6 cm³/mol. The molecule has 0 unspecified atom stereocenters. The predicted octanol–water partition coefficient (Wildman–Crippen LogP) is 3.22. The van der Waals surface area contributed by atoms with Gasteiger partial charge in [-0.2, -0.15) is 0 Å². The van der Waals surface area contributed by atoms with E-state index in [0.29, 0.717) is 11.6 Å². The lowest BCUT2D eigenvalue weighted by Gasteiger charge is -1.98. The molecule has 2 heterocycles. The number of pyridine rings is 1. The van der Waals surface area contributed by atoms with Crippen molar-refractivity contribution in [3.05, 3.63) is 51.4 Å². The first-order valence-electron chi connectivity index (χ1n) is 4.43. The maximum Gasteiger partial charge on any atom is 0.177 e. The molecule has 2 aromatic heterocycles. The van der Waals surface area contributed by atoms with Gasteiger partial charge in [0.25, 0.3) is 0 Å². The summed E-state index contributed by atoms with van der Waals surface area (Å²) in [7, 11) is 0. The van der Waals surface area contributed by atoms with Gasteiger partial charge in [-0.1, -0.05) is 23.7 Å². The average molecular weight is 238 g/mol. The lowest BCUT2D eigenvalue weighted by Crippen LogP contribution is -2.01. The molecule has 2 nitrogen and oxygen atoms in total. The largest absolute Gasteiger partial charge is 0.293 e. The Kier molecular flexibility index (Phi) is 3.14. The third-order valence-electron chi connectivity index (χ3n) is 1.95. The molecule has 0 amide bonds. The van der Waals surface area contributed by atoms with E-state index in [1.54, 1.807) is 12.3 Å². The molecule has 2 rings (SSSR count). The topological polar surface area (TPSA) is 30.0 Å². The Morgan fingerprint density at radius 1 is 1.40 bits per heavy atom. The third-order valence-corrected chi connectivity index (χ3v) is 3.08. The summed E-state index contributed by atoms with van der Waals surface area (Å²) in [6.07, 6.45) is 2.01. The molecular weight excluding hydrogens is 230 g/mol. The minimum atomic E-state index is 0.120. The van der Waals surface area contributed by atoms with Gasteiger partial charge in [0.15, 0.2) is 5.78 Å². The lowest BCUT2D eigenvalue weighted by molar-refractivity contribution is 0.0997. The number of halogens is 1. The molecule has 0 aromatic carbocycles. The highest BCUT2D eigenvalue weighted by Crippen LogP contribution is 2.13. The molecule has 0 saturated heterocycles. The number of hydrogen-bond donors (Lipinski definition) is 0. The Bertz CT molecular complexity index is 450. The second kappa shape index (κ2) is 4.55. The van der Waals surface area contributed by atoms with Crippen molar-refractivity contribution in [1.29, 1.82) is 0 Å². The van der Waals surface area contributed by atoms with Crippen LogP contribution < -0.4 is 0 Å². The van der Waals surface area contributed by atoms with E-state index in [-0.39, 0.29) is 5.78 Å². The number of hydrogen-bond acceptors (Lipinski definition) is 3. The van der Waals surface area contributed by atoms with Crippen molar-refractivity contribution in [3.8, 4) is 0 Å². The summed E-state index contributed by atoms with van der Waals surface area (Å²) >= 11 is 7.11. The number of nitrogens with zero attached hydrogens (tertiary/aromatic N) is 1. The second-order valence-electron chi connectivity index (χ2n) is 3.07. The summed E-state index contributed by atoms with van der Waals surface area (Å²) < 4.78 is 0. The highest BCUT2D eigenvalue weighted by molar-refractivity contribution is 7.12. The fourth-order valence-electron chi connectivity index (χ4n) is 1.22. The number of carbonyl (C=O) groups excluding carboxylic acids is 1. The van der Waals surface area contributed by atoms with Crippen molar-refractivity contribution < 1.29 is 4.79 Å². The summed E-state index contributed by atoms with van der Waals surface area (Å²) in [4.78, 5) is 16.4. The Hall–Kier alpha value is -1.19. The van der Waals surface area contributed by atoms with Crippen LogP contribution in [-0.4, -0.2) is 10.8 Å². The van der Waals surface area contributed by atoms with E-state index in [9.17, 15) is 4.79 Å². The molecule has 0 radical (unpaired) electrons. The van der Waals surface area contributed by atoms with Crippen LogP contribution in [0.4, 0.5) is 0 Å². The van der Waals surface area contributed by atoms with Gasteiger partial charge in [-0.05, 0) is 23.1 Å². The maximum atomic E-state index is 11.7. The van der Waals surface area contributed by atoms with Crippen molar-refractivity contribution in [2.75, 3.05) is 0 Å². The molecule has 4 heteroatoms. The Morgan fingerprint density at radius 2 is 2.27 bits per heavy atom. The highest BCUT2D eigenvalue weighted by atomic mass is 35.5. The normalized spacial score (nSPS) is 10.2. The van der Waals surface area contributed by atoms with Crippen LogP contribution in [-0.2, 0) is 6.42 Å². The fraction of sp³-hybridized carbons (Fsp3) is 0.0909. The molecule has 0 aliphatic heterocycles. The van der Waals surface area contributed by atoms with E-state index in [1.807, 2.05) is 23.6 Å². The van der Waals surface area contributed by atoms with Crippen molar-refractivity contribution in [1.82, 2.24) is 4.98 Å². The van der Waals surface area contributed by atoms with E-state index in [1.165, 1.54) is 11.3 Å². The average Bonchev–Trinajstić information content (AvgIpc) is 2.74. The zero-order chi connectivity index (χ0) is 10.7. The summed E-state index contributed by atoms with van der Waals surface area (Å²) in [6, 6.07) is 7.22. The van der Waals surface area contributed by atoms with Crippen molar-refractivity contribution >= 4 is 28.7 Å². The molecule has 0 aliphatic rings. The highest BCUT2D eigenvalue weighted by Gasteiger charge is 2.07. The zero-order valence-corrected chi connectivity index (χ0v) is 9.39. The van der Waals surface area contributed by atoms with E-state index in [4.69, 9.17) is 11.6 Å². The van der Waals surface area contributed by atoms with E-state index >= 15 is 0 Å². The molecule has 0 atom stereocenters. The van der Waals surface area contributed by atoms with Gasteiger partial charge in [-0.25, -0.2) is 4.98 Å². The van der Waals surface area contributed by atoms with Gasteiger partial charge in [0.2, 0.25) is 0 Å². The van der Waals surface area contributed by atoms with E-state index in [0.717, 1.165) is 10.4 Å². The first kappa shape index (κ1) is 10.3. The molecule has 0 fully saturated rings. The molecule has 15 heavy (non-hydrogen) atoms. The minimum absolute atomic E-state index is 0.120. The van der Waals surface area contributed by atoms with Gasteiger partial charge in [0.1, 0.15) is 5.15 Å². The van der Waals surface area contributed by atoms with E-state index < -0.39 is 0 Å². The summed E-state index contributed by atoms with van der Waals surface area (Å²) in [5, 5.41) is 2.34. The first-order valence-corrected chi connectivity index (χ1v) is 5.68. The van der Waals surface area contributed by atoms with Crippen molar-refractivity contribution in [2.24, 2.45) is 0 Å². The SMILES string of the molecule is O=C(Cc1ccc(Cl)nc1)c1cccs1. The second-order valence-corrected chi connectivity index (χ2v) is 4.40. The van der Waals surface area contributed by atoms with E-state index in [2.05, 4.69) is 4.98 Å². The molecule has 0 N–H and O–H groups in total. The third kappa shape index (κ3) is 2.64.